The third kappa shape index (κ3) is 5.92. The number of hydrogen-bond donors (Lipinski definition) is 2. The number of hydrogen-bond acceptors (Lipinski definition) is 5. The van der Waals surface area contributed by atoms with E-state index in [2.05, 4.69) is 20.6 Å². The van der Waals surface area contributed by atoms with E-state index in [1.54, 1.807) is 24.3 Å². The van der Waals surface area contributed by atoms with Crippen LogP contribution in [0, 0.1) is 5.92 Å². The predicted octanol–water partition coefficient (Wildman–Crippen LogP) is 4.21. The average Bonchev–Trinajstić information content (AvgIpc) is 2.64. The molecule has 2 aromatic rings. The smallest absolute Gasteiger partial charge is 0.276 e. The highest BCUT2D eigenvalue weighted by atomic mass is 35.5. The molecular weight excluding hydrogens is 378 g/mol. The van der Waals surface area contributed by atoms with E-state index in [9.17, 15) is 9.59 Å². The average molecular weight is 404 g/mol. The van der Waals surface area contributed by atoms with Crippen LogP contribution in [0.25, 0.3) is 0 Å². The second kappa shape index (κ2) is 10.0. The Bertz CT molecular complexity index is 820. The van der Waals surface area contributed by atoms with Gasteiger partial charge in [0.25, 0.3) is 5.91 Å². The lowest BCUT2D eigenvalue weighted by atomic mass is 10.1. The van der Waals surface area contributed by atoms with E-state index < -0.39 is 5.91 Å². The summed E-state index contributed by atoms with van der Waals surface area (Å²) < 4.78 is 0. The summed E-state index contributed by atoms with van der Waals surface area (Å²) in [6, 6.07) is 6.89. The third-order valence-corrected chi connectivity index (χ3v) is 4.29. The van der Waals surface area contributed by atoms with E-state index in [1.807, 2.05) is 32.6 Å². The van der Waals surface area contributed by atoms with Gasteiger partial charge in [-0.05, 0) is 44.0 Å². The lowest BCUT2D eigenvalue weighted by Gasteiger charge is -2.19. The van der Waals surface area contributed by atoms with Crippen LogP contribution in [0.2, 0.25) is 5.02 Å². The maximum atomic E-state index is 12.6. The van der Waals surface area contributed by atoms with Gasteiger partial charge in [-0.15, -0.1) is 0 Å². The number of amides is 2. The van der Waals surface area contributed by atoms with Crippen LogP contribution in [0.5, 0.6) is 0 Å². The Labute approximate surface area is 170 Å². The van der Waals surface area contributed by atoms with Gasteiger partial charge in [0.05, 0.1) is 11.2 Å². The molecule has 7 nitrogen and oxygen atoms in total. The predicted molar refractivity (Wildman–Crippen MR) is 113 cm³/mol. The summed E-state index contributed by atoms with van der Waals surface area (Å²) >= 11 is 6.12. The molecule has 0 spiro atoms. The molecule has 0 aliphatic heterocycles. The molecule has 2 amide bonds. The van der Waals surface area contributed by atoms with E-state index in [-0.39, 0.29) is 22.5 Å². The topological polar surface area (TPSA) is 87.2 Å². The number of nitrogens with zero attached hydrogens (tertiary/aromatic N) is 3. The molecule has 0 bridgehead atoms. The van der Waals surface area contributed by atoms with Crippen LogP contribution < -0.4 is 15.5 Å². The molecule has 0 radical (unpaired) electrons. The first-order valence-electron chi connectivity index (χ1n) is 9.32. The molecule has 0 atom stereocenters. The lowest BCUT2D eigenvalue weighted by Crippen LogP contribution is -2.25. The van der Waals surface area contributed by atoms with E-state index in [1.165, 1.54) is 6.20 Å². The van der Waals surface area contributed by atoms with Crippen molar-refractivity contribution >= 4 is 40.7 Å². The molecule has 28 heavy (non-hydrogen) atoms. The van der Waals surface area contributed by atoms with Gasteiger partial charge in [0, 0.05) is 30.9 Å². The van der Waals surface area contributed by atoms with Crippen LogP contribution in [0.15, 0.2) is 30.5 Å². The molecule has 0 saturated heterocycles. The summed E-state index contributed by atoms with van der Waals surface area (Å²) in [5, 5.41) is 5.78. The van der Waals surface area contributed by atoms with Gasteiger partial charge in [0.1, 0.15) is 0 Å². The lowest BCUT2D eigenvalue weighted by molar-refractivity contribution is -0.116. The van der Waals surface area contributed by atoms with Crippen molar-refractivity contribution in [3.63, 3.8) is 0 Å². The molecular formula is C20H26ClN5O2. The zero-order valence-electron chi connectivity index (χ0n) is 16.6. The molecule has 1 aromatic carbocycles. The largest absolute Gasteiger partial charge is 0.341 e. The molecule has 2 N–H and O–H groups in total. The van der Waals surface area contributed by atoms with Crippen LogP contribution in [0.4, 0.5) is 17.3 Å². The summed E-state index contributed by atoms with van der Waals surface area (Å²) in [5.41, 5.74) is 1.37. The molecule has 2 rings (SSSR count). The summed E-state index contributed by atoms with van der Waals surface area (Å²) in [5.74, 6) is 0.293. The maximum absolute atomic E-state index is 12.6. The number of anilines is 3. The van der Waals surface area contributed by atoms with E-state index in [0.717, 1.165) is 13.1 Å². The number of halogens is 1. The molecule has 0 saturated carbocycles. The molecule has 0 fully saturated rings. The Morgan fingerprint density at radius 2 is 1.64 bits per heavy atom. The Hall–Kier alpha value is -2.67. The van der Waals surface area contributed by atoms with Crippen LogP contribution in [0.3, 0.4) is 0 Å². The van der Waals surface area contributed by atoms with Gasteiger partial charge in [0.15, 0.2) is 5.69 Å². The van der Waals surface area contributed by atoms with Crippen molar-refractivity contribution in [1.29, 1.82) is 0 Å². The molecule has 150 valence electrons. The monoisotopic (exact) mass is 403 g/mol. The Balaban J connectivity index is 2.08. The van der Waals surface area contributed by atoms with Crippen molar-refractivity contribution in [3.05, 3.63) is 41.2 Å². The highest BCUT2D eigenvalue weighted by molar-refractivity contribution is 6.34. The van der Waals surface area contributed by atoms with Crippen molar-refractivity contribution < 1.29 is 9.59 Å². The van der Waals surface area contributed by atoms with Gasteiger partial charge in [-0.3, -0.25) is 9.59 Å². The van der Waals surface area contributed by atoms with Gasteiger partial charge in [0.2, 0.25) is 11.9 Å². The Morgan fingerprint density at radius 3 is 2.18 bits per heavy atom. The zero-order chi connectivity index (χ0) is 20.7. The van der Waals surface area contributed by atoms with Gasteiger partial charge in [-0.2, -0.15) is 0 Å². The van der Waals surface area contributed by atoms with Crippen molar-refractivity contribution in [3.8, 4) is 0 Å². The first kappa shape index (κ1) is 21.6. The van der Waals surface area contributed by atoms with Crippen molar-refractivity contribution in [2.75, 3.05) is 28.6 Å². The Kier molecular flexibility index (Phi) is 7.75. The summed E-state index contributed by atoms with van der Waals surface area (Å²) in [6.07, 6.45) is 1.89. The fraction of sp³-hybridized carbons (Fsp3) is 0.400. The number of rotatable bonds is 8. The molecule has 1 heterocycles. The molecule has 0 aliphatic rings. The minimum atomic E-state index is -0.419. The second-order valence-electron chi connectivity index (χ2n) is 6.72. The first-order valence-corrected chi connectivity index (χ1v) is 9.70. The van der Waals surface area contributed by atoms with E-state index >= 15 is 0 Å². The minimum Gasteiger partial charge on any atom is -0.341 e. The highest BCUT2D eigenvalue weighted by Gasteiger charge is 2.16. The standard InChI is InChI=1S/C20H26ClN5O2/c1-5-26(6-2)20-22-12-16(21)18(25-20)19(28)24-15-9-7-14(8-10-15)23-17(27)11-13(3)4/h7-10,12-13H,5-6,11H2,1-4H3,(H,23,27)(H,24,28). The number of carbonyl (C=O) groups is 2. The van der Waals surface area contributed by atoms with Crippen LogP contribution in [-0.2, 0) is 4.79 Å². The van der Waals surface area contributed by atoms with Crippen LogP contribution >= 0.6 is 11.6 Å². The van der Waals surface area contributed by atoms with E-state index in [0.29, 0.717) is 23.7 Å². The molecule has 0 aliphatic carbocycles. The zero-order valence-corrected chi connectivity index (χ0v) is 17.4. The van der Waals surface area contributed by atoms with Crippen molar-refractivity contribution in [2.24, 2.45) is 5.92 Å². The van der Waals surface area contributed by atoms with E-state index in [4.69, 9.17) is 11.6 Å². The van der Waals surface area contributed by atoms with Crippen LogP contribution in [0.1, 0.15) is 44.6 Å². The summed E-state index contributed by atoms with van der Waals surface area (Å²) in [4.78, 5) is 34.9. The number of aromatic nitrogens is 2. The van der Waals surface area contributed by atoms with Gasteiger partial charge in [-0.1, -0.05) is 25.4 Å². The van der Waals surface area contributed by atoms with Crippen molar-refractivity contribution in [1.82, 2.24) is 9.97 Å². The van der Waals surface area contributed by atoms with Gasteiger partial charge in [-0.25, -0.2) is 9.97 Å². The number of carbonyl (C=O) groups excluding carboxylic acids is 2. The minimum absolute atomic E-state index is 0.0384. The second-order valence-corrected chi connectivity index (χ2v) is 7.12. The van der Waals surface area contributed by atoms with Gasteiger partial charge >= 0.3 is 0 Å². The fourth-order valence-electron chi connectivity index (χ4n) is 2.59. The molecule has 1 aromatic heterocycles. The SMILES string of the molecule is CCN(CC)c1ncc(Cl)c(C(=O)Nc2ccc(NC(=O)CC(C)C)cc2)n1. The number of benzene rings is 1. The maximum Gasteiger partial charge on any atom is 0.276 e. The highest BCUT2D eigenvalue weighted by Crippen LogP contribution is 2.19. The fourth-order valence-corrected chi connectivity index (χ4v) is 2.76. The Morgan fingerprint density at radius 1 is 1.07 bits per heavy atom. The van der Waals surface area contributed by atoms with Crippen molar-refractivity contribution in [2.45, 2.75) is 34.1 Å². The normalized spacial score (nSPS) is 10.6. The number of nitrogens with one attached hydrogen (secondary N) is 2. The van der Waals surface area contributed by atoms with Gasteiger partial charge < -0.3 is 15.5 Å². The quantitative estimate of drug-likeness (QED) is 0.689. The van der Waals surface area contributed by atoms with Crippen LogP contribution in [-0.4, -0.2) is 34.9 Å². The first-order chi connectivity index (χ1) is 13.3. The summed E-state index contributed by atoms with van der Waals surface area (Å²) in [6.45, 7) is 9.40. The summed E-state index contributed by atoms with van der Waals surface area (Å²) in [7, 11) is 0. The molecule has 0 unspecified atom stereocenters. The third-order valence-electron chi connectivity index (χ3n) is 4.01. The molecule has 8 heteroatoms.